The fourth-order valence-electron chi connectivity index (χ4n) is 5.59. The van der Waals surface area contributed by atoms with E-state index < -0.39 is 29.7 Å². The number of aliphatic hydroxyl groups is 1. The van der Waals surface area contributed by atoms with Crippen LogP contribution in [0.2, 0.25) is 0 Å². The van der Waals surface area contributed by atoms with Gasteiger partial charge in [-0.05, 0) is 41.8 Å². The summed E-state index contributed by atoms with van der Waals surface area (Å²) in [7, 11) is 0. The Kier molecular flexibility index (Phi) is 5.60. The van der Waals surface area contributed by atoms with Crippen LogP contribution in [0.1, 0.15) is 17.3 Å². The maximum Gasteiger partial charge on any atom is 0.308 e. The van der Waals surface area contributed by atoms with Crippen molar-refractivity contribution in [1.29, 1.82) is 0 Å². The molecule has 2 aliphatic rings. The maximum atomic E-state index is 13.8. The van der Waals surface area contributed by atoms with Crippen LogP contribution in [0.5, 0.6) is 0 Å². The molecule has 6 nitrogen and oxygen atoms in total. The van der Waals surface area contributed by atoms with Gasteiger partial charge in [0.25, 0.3) is 5.56 Å². The van der Waals surface area contributed by atoms with Gasteiger partial charge in [0.05, 0.1) is 12.0 Å². The van der Waals surface area contributed by atoms with Gasteiger partial charge in [0.2, 0.25) is 0 Å². The second kappa shape index (κ2) is 8.57. The number of aliphatic carboxylic acids is 1. The lowest BCUT2D eigenvalue weighted by Crippen LogP contribution is -2.47. The van der Waals surface area contributed by atoms with Gasteiger partial charge in [0.1, 0.15) is 5.82 Å². The fraction of sp³-hybridized carbons (Fsp3) is 0.308. The number of fused-ring (bicyclic) bond motifs is 4. The van der Waals surface area contributed by atoms with Gasteiger partial charge in [-0.3, -0.25) is 14.5 Å². The molecule has 0 saturated carbocycles. The van der Waals surface area contributed by atoms with Crippen LogP contribution in [0, 0.1) is 17.7 Å². The van der Waals surface area contributed by atoms with Gasteiger partial charge in [-0.15, -0.1) is 0 Å². The number of nitrogens with zero attached hydrogens (tertiary/aromatic N) is 2. The Bertz CT molecular complexity index is 1240. The first-order valence-corrected chi connectivity index (χ1v) is 11.1. The quantitative estimate of drug-likeness (QED) is 0.606. The van der Waals surface area contributed by atoms with E-state index in [2.05, 4.69) is 4.90 Å². The number of rotatable bonds is 6. The van der Waals surface area contributed by atoms with Gasteiger partial charge in [-0.2, -0.15) is 0 Å². The normalized spacial score (nSPS) is 23.9. The van der Waals surface area contributed by atoms with Crippen LogP contribution < -0.4 is 5.56 Å². The summed E-state index contributed by atoms with van der Waals surface area (Å²) >= 11 is 0. The monoisotopic (exact) mass is 448 g/mol. The molecular weight excluding hydrogens is 423 g/mol. The highest BCUT2D eigenvalue weighted by Gasteiger charge is 2.55. The van der Waals surface area contributed by atoms with Crippen molar-refractivity contribution < 1.29 is 19.4 Å². The molecule has 3 aromatic rings. The first kappa shape index (κ1) is 21.6. The predicted octanol–water partition coefficient (Wildman–Crippen LogP) is 2.95. The minimum atomic E-state index is -0.971. The Labute approximate surface area is 190 Å². The number of carbonyl (C=O) groups is 1. The van der Waals surface area contributed by atoms with Crippen LogP contribution in [-0.4, -0.2) is 44.8 Å². The molecule has 33 heavy (non-hydrogen) atoms. The summed E-state index contributed by atoms with van der Waals surface area (Å²) in [5.41, 5.74) is 2.38. The Hall–Kier alpha value is -3.29. The van der Waals surface area contributed by atoms with Crippen molar-refractivity contribution >= 4 is 5.97 Å². The number of pyridine rings is 1. The number of aromatic nitrogens is 1. The van der Waals surface area contributed by atoms with Gasteiger partial charge >= 0.3 is 5.97 Å². The highest BCUT2D eigenvalue weighted by atomic mass is 19.1. The van der Waals surface area contributed by atoms with E-state index in [1.165, 1.54) is 12.1 Å². The molecule has 2 aliphatic heterocycles. The van der Waals surface area contributed by atoms with Crippen LogP contribution in [0.25, 0.3) is 11.1 Å². The van der Waals surface area contributed by atoms with Gasteiger partial charge in [-0.25, -0.2) is 4.39 Å². The Morgan fingerprint density at radius 3 is 2.55 bits per heavy atom. The first-order valence-electron chi connectivity index (χ1n) is 11.1. The molecule has 1 saturated heterocycles. The molecule has 0 radical (unpaired) electrons. The van der Waals surface area contributed by atoms with Gasteiger partial charge in [-0.1, -0.05) is 42.5 Å². The number of benzene rings is 2. The van der Waals surface area contributed by atoms with E-state index >= 15 is 0 Å². The van der Waals surface area contributed by atoms with E-state index in [0.29, 0.717) is 23.4 Å². The molecule has 0 unspecified atom stereocenters. The summed E-state index contributed by atoms with van der Waals surface area (Å²) in [4.78, 5) is 27.8. The molecule has 1 fully saturated rings. The molecule has 2 N–H and O–H groups in total. The van der Waals surface area contributed by atoms with E-state index in [4.69, 9.17) is 0 Å². The average molecular weight is 448 g/mol. The van der Waals surface area contributed by atoms with E-state index in [1.54, 1.807) is 28.8 Å². The lowest BCUT2D eigenvalue weighted by molar-refractivity contribution is -0.144. The molecule has 4 atom stereocenters. The van der Waals surface area contributed by atoms with Crippen molar-refractivity contribution in [2.24, 2.45) is 11.8 Å². The number of hydrogen-bond acceptors (Lipinski definition) is 4. The molecule has 3 heterocycles. The fourth-order valence-corrected chi connectivity index (χ4v) is 5.59. The minimum absolute atomic E-state index is 0.264. The van der Waals surface area contributed by atoms with Crippen molar-refractivity contribution in [3.8, 4) is 11.1 Å². The summed E-state index contributed by atoms with van der Waals surface area (Å²) in [5, 5.41) is 20.2. The highest BCUT2D eigenvalue weighted by Crippen LogP contribution is 2.48. The Morgan fingerprint density at radius 1 is 1.06 bits per heavy atom. The molecule has 5 rings (SSSR count). The third kappa shape index (κ3) is 3.67. The molecule has 0 aliphatic carbocycles. The molecule has 170 valence electrons. The van der Waals surface area contributed by atoms with Crippen molar-refractivity contribution in [3.63, 3.8) is 0 Å². The van der Waals surface area contributed by atoms with Crippen LogP contribution in [0.15, 0.2) is 71.5 Å². The van der Waals surface area contributed by atoms with Gasteiger partial charge < -0.3 is 14.8 Å². The molecule has 2 aromatic carbocycles. The molecule has 0 spiro atoms. The summed E-state index contributed by atoms with van der Waals surface area (Å²) in [6.45, 7) is 0.649. The van der Waals surface area contributed by atoms with E-state index in [0.717, 1.165) is 12.0 Å². The molecule has 2 bridgehead atoms. The summed E-state index contributed by atoms with van der Waals surface area (Å²) in [5.74, 6) is -2.70. The molecule has 7 heteroatoms. The largest absolute Gasteiger partial charge is 0.481 e. The standard InChI is InChI=1S/C26H25FN2O4/c27-18-8-4-7-17(13-18)19-9-10-21-24-23(26(32)33)20(15-30)22(14-29(21)25(19)31)28(24)12-11-16-5-2-1-3-6-16/h1-10,13,20,22-24,30H,11-12,14-15H2,(H,32,33)/t20-,22-,23+,24+/m1/s1. The number of aliphatic hydroxyl groups excluding tert-OH is 1. The van der Waals surface area contributed by atoms with Gasteiger partial charge in [0.15, 0.2) is 0 Å². The second-order valence-electron chi connectivity index (χ2n) is 8.79. The summed E-state index contributed by atoms with van der Waals surface area (Å²) in [6.07, 6.45) is 0.740. The molecular formula is C26H25FN2O4. The zero-order valence-corrected chi connectivity index (χ0v) is 18.0. The van der Waals surface area contributed by atoms with Crippen molar-refractivity contribution in [1.82, 2.24) is 9.47 Å². The predicted molar refractivity (Wildman–Crippen MR) is 121 cm³/mol. The van der Waals surface area contributed by atoms with E-state index in [1.807, 2.05) is 30.3 Å². The van der Waals surface area contributed by atoms with E-state index in [-0.39, 0.29) is 24.8 Å². The van der Waals surface area contributed by atoms with Crippen LogP contribution in [0.3, 0.4) is 0 Å². The van der Waals surface area contributed by atoms with Crippen molar-refractivity contribution in [2.45, 2.75) is 25.0 Å². The van der Waals surface area contributed by atoms with E-state index in [9.17, 15) is 24.2 Å². The minimum Gasteiger partial charge on any atom is -0.481 e. The number of carboxylic acids is 1. The van der Waals surface area contributed by atoms with Crippen molar-refractivity contribution in [3.05, 3.63) is 94.2 Å². The first-order chi connectivity index (χ1) is 16.0. The Balaban J connectivity index is 1.57. The maximum absolute atomic E-state index is 13.8. The molecule has 1 aromatic heterocycles. The lowest BCUT2D eigenvalue weighted by Gasteiger charge is -2.38. The topological polar surface area (TPSA) is 82.8 Å². The van der Waals surface area contributed by atoms with Crippen LogP contribution in [0.4, 0.5) is 4.39 Å². The number of carboxylic acid groups (broad SMARTS) is 1. The Morgan fingerprint density at radius 2 is 1.85 bits per heavy atom. The third-order valence-electron chi connectivity index (χ3n) is 7.09. The zero-order chi connectivity index (χ0) is 23.1. The number of halogens is 1. The van der Waals surface area contributed by atoms with Gasteiger partial charge in [0, 0.05) is 42.9 Å². The van der Waals surface area contributed by atoms with Crippen LogP contribution in [-0.2, 0) is 17.8 Å². The third-order valence-corrected chi connectivity index (χ3v) is 7.09. The second-order valence-corrected chi connectivity index (χ2v) is 8.79. The highest BCUT2D eigenvalue weighted by molar-refractivity contribution is 5.73. The summed E-state index contributed by atoms with van der Waals surface area (Å²) in [6, 6.07) is 18.5. The average Bonchev–Trinajstić information content (AvgIpc) is 3.04. The van der Waals surface area contributed by atoms with Crippen molar-refractivity contribution in [2.75, 3.05) is 13.2 Å². The smallest absolute Gasteiger partial charge is 0.308 e. The molecule has 0 amide bonds. The zero-order valence-electron chi connectivity index (χ0n) is 18.0. The SMILES string of the molecule is O=C(O)[C@H]1[C@H](CO)[C@H]2Cn3c(ccc(-c4cccc(F)c4)c3=O)[C@@H]1N2CCc1ccccc1. The lowest BCUT2D eigenvalue weighted by atomic mass is 9.87. The summed E-state index contributed by atoms with van der Waals surface area (Å²) < 4.78 is 15.4. The number of hydrogen-bond donors (Lipinski definition) is 2. The van der Waals surface area contributed by atoms with Crippen LogP contribution >= 0.6 is 0 Å².